The summed E-state index contributed by atoms with van der Waals surface area (Å²) in [5.41, 5.74) is 7.99. The van der Waals surface area contributed by atoms with Crippen molar-refractivity contribution >= 4 is 34.8 Å². The van der Waals surface area contributed by atoms with Crippen LogP contribution in [0.2, 0.25) is 0 Å². The number of nitrogen functional groups attached to an aromatic ring is 1. The minimum atomic E-state index is -0.952. The number of nitrogens with two attached hydrogens (primary N) is 1. The van der Waals surface area contributed by atoms with Crippen molar-refractivity contribution in [1.82, 2.24) is 0 Å². The topological polar surface area (TPSA) is 92.5 Å². The van der Waals surface area contributed by atoms with Gasteiger partial charge in [-0.2, -0.15) is 0 Å². The van der Waals surface area contributed by atoms with Gasteiger partial charge in [-0.3, -0.25) is 14.4 Å². The van der Waals surface area contributed by atoms with Crippen molar-refractivity contribution in [2.75, 3.05) is 16.0 Å². The maximum atomic E-state index is 12.4. The fraction of sp³-hybridized carbons (Fsp3) is 0.167. The Morgan fingerprint density at radius 1 is 1.00 bits per heavy atom. The second-order valence-corrected chi connectivity index (χ2v) is 5.26. The first-order valence-corrected chi connectivity index (χ1v) is 7.53. The van der Waals surface area contributed by atoms with Crippen LogP contribution in [0.4, 0.5) is 17.1 Å². The number of nitrogens with one attached hydrogen (secondary N) is 1. The number of anilines is 3. The van der Waals surface area contributed by atoms with E-state index < -0.39 is 17.7 Å². The number of amides is 3. The number of nitrogens with zero attached hydrogens (tertiary/aromatic N) is 1. The Labute approximate surface area is 140 Å². The van der Waals surface area contributed by atoms with Crippen molar-refractivity contribution in [2.45, 2.75) is 20.3 Å². The van der Waals surface area contributed by atoms with Crippen LogP contribution in [0.5, 0.6) is 0 Å². The zero-order valence-electron chi connectivity index (χ0n) is 13.6. The molecule has 6 heteroatoms. The average molecular weight is 325 g/mol. The van der Waals surface area contributed by atoms with Crippen LogP contribution in [-0.2, 0) is 20.8 Å². The molecule has 24 heavy (non-hydrogen) atoms. The molecule has 0 aliphatic rings. The molecule has 0 radical (unpaired) electrons. The fourth-order valence-electron chi connectivity index (χ4n) is 2.18. The van der Waals surface area contributed by atoms with Crippen molar-refractivity contribution in [1.29, 1.82) is 0 Å². The highest BCUT2D eigenvalue weighted by Crippen LogP contribution is 2.18. The molecule has 2 aromatic rings. The van der Waals surface area contributed by atoms with Crippen molar-refractivity contribution in [3.63, 3.8) is 0 Å². The summed E-state index contributed by atoms with van der Waals surface area (Å²) < 4.78 is 0. The van der Waals surface area contributed by atoms with E-state index in [9.17, 15) is 14.4 Å². The molecule has 0 heterocycles. The molecule has 0 saturated heterocycles. The van der Waals surface area contributed by atoms with Gasteiger partial charge in [-0.05, 0) is 48.4 Å². The third-order valence-electron chi connectivity index (χ3n) is 3.48. The molecule has 6 nitrogen and oxygen atoms in total. The lowest BCUT2D eigenvalue weighted by Gasteiger charge is -2.18. The number of aryl methyl sites for hydroxylation is 1. The fourth-order valence-corrected chi connectivity index (χ4v) is 2.18. The highest BCUT2D eigenvalue weighted by Gasteiger charge is 2.26. The Kier molecular flexibility index (Phi) is 5.31. The molecule has 124 valence electrons. The van der Waals surface area contributed by atoms with E-state index in [-0.39, 0.29) is 5.69 Å². The van der Waals surface area contributed by atoms with E-state index in [1.165, 1.54) is 19.1 Å². The summed E-state index contributed by atoms with van der Waals surface area (Å²) in [7, 11) is 0. The van der Waals surface area contributed by atoms with E-state index in [1.54, 1.807) is 24.3 Å². The third kappa shape index (κ3) is 3.98. The lowest BCUT2D eigenvalue weighted by molar-refractivity contribution is -0.136. The lowest BCUT2D eigenvalue weighted by Crippen LogP contribution is -2.42. The van der Waals surface area contributed by atoms with Gasteiger partial charge in [0.1, 0.15) is 0 Å². The van der Waals surface area contributed by atoms with Crippen molar-refractivity contribution < 1.29 is 14.4 Å². The summed E-state index contributed by atoms with van der Waals surface area (Å²) in [5.74, 6) is -2.39. The minimum Gasteiger partial charge on any atom is -0.399 e. The van der Waals surface area contributed by atoms with Gasteiger partial charge in [0.2, 0.25) is 5.91 Å². The monoisotopic (exact) mass is 325 g/mol. The van der Waals surface area contributed by atoms with Crippen LogP contribution < -0.4 is 16.0 Å². The van der Waals surface area contributed by atoms with Gasteiger partial charge >= 0.3 is 11.8 Å². The second kappa shape index (κ2) is 7.41. The van der Waals surface area contributed by atoms with Gasteiger partial charge in [0.25, 0.3) is 0 Å². The number of hydrogen-bond acceptors (Lipinski definition) is 4. The molecule has 0 atom stereocenters. The highest BCUT2D eigenvalue weighted by atomic mass is 16.2. The van der Waals surface area contributed by atoms with E-state index in [1.807, 2.05) is 19.1 Å². The van der Waals surface area contributed by atoms with Crippen LogP contribution in [0.1, 0.15) is 19.4 Å². The van der Waals surface area contributed by atoms with Gasteiger partial charge in [-0.1, -0.05) is 19.1 Å². The molecule has 0 aromatic heterocycles. The van der Waals surface area contributed by atoms with Gasteiger partial charge in [0, 0.05) is 18.3 Å². The number of imide groups is 1. The molecule has 0 bridgehead atoms. The summed E-state index contributed by atoms with van der Waals surface area (Å²) in [6.07, 6.45) is 0.877. The largest absolute Gasteiger partial charge is 0.399 e. The minimum absolute atomic E-state index is 0.290. The van der Waals surface area contributed by atoms with E-state index in [0.717, 1.165) is 16.9 Å². The molecule has 3 amide bonds. The average Bonchev–Trinajstić information content (AvgIpc) is 2.57. The Morgan fingerprint density at radius 2 is 1.58 bits per heavy atom. The molecular formula is C18H19N3O3. The summed E-state index contributed by atoms with van der Waals surface area (Å²) in [4.78, 5) is 37.2. The summed E-state index contributed by atoms with van der Waals surface area (Å²) in [6, 6.07) is 13.3. The molecule has 0 spiro atoms. The molecule has 0 saturated carbocycles. The summed E-state index contributed by atoms with van der Waals surface area (Å²) in [6.45, 7) is 3.24. The Bertz CT molecular complexity index is 752. The first kappa shape index (κ1) is 17.2. The summed E-state index contributed by atoms with van der Waals surface area (Å²) in [5, 5.41) is 2.50. The normalized spacial score (nSPS) is 10.1. The molecule has 2 rings (SSSR count). The van der Waals surface area contributed by atoms with Gasteiger partial charge in [-0.15, -0.1) is 0 Å². The molecule has 0 aliphatic heterocycles. The molecule has 0 aliphatic carbocycles. The zero-order valence-corrected chi connectivity index (χ0v) is 13.6. The quantitative estimate of drug-likeness (QED) is 0.669. The van der Waals surface area contributed by atoms with Crippen molar-refractivity contribution in [3.8, 4) is 0 Å². The van der Waals surface area contributed by atoms with Crippen LogP contribution in [-0.4, -0.2) is 17.7 Å². The van der Waals surface area contributed by atoms with E-state index >= 15 is 0 Å². The Balaban J connectivity index is 2.17. The highest BCUT2D eigenvalue weighted by molar-refractivity contribution is 6.48. The van der Waals surface area contributed by atoms with Crippen LogP contribution in [0.25, 0.3) is 0 Å². The SMILES string of the molecule is CCc1ccc(NC(=O)C(=O)N(C(C)=O)c2ccc(N)cc2)cc1. The second-order valence-electron chi connectivity index (χ2n) is 5.26. The zero-order chi connectivity index (χ0) is 17.7. The predicted molar refractivity (Wildman–Crippen MR) is 93.5 cm³/mol. The Morgan fingerprint density at radius 3 is 2.08 bits per heavy atom. The molecule has 0 unspecified atom stereocenters. The first-order valence-electron chi connectivity index (χ1n) is 7.53. The van der Waals surface area contributed by atoms with E-state index in [2.05, 4.69) is 5.32 Å². The molecule has 2 aromatic carbocycles. The smallest absolute Gasteiger partial charge is 0.323 e. The lowest BCUT2D eigenvalue weighted by atomic mass is 10.1. The first-order chi connectivity index (χ1) is 11.4. The Hall–Kier alpha value is -3.15. The number of carbonyl (C=O) groups is 3. The number of carbonyl (C=O) groups excluding carboxylic acids is 3. The van der Waals surface area contributed by atoms with Crippen LogP contribution in [0, 0.1) is 0 Å². The van der Waals surface area contributed by atoms with E-state index in [4.69, 9.17) is 5.73 Å². The van der Waals surface area contributed by atoms with Crippen LogP contribution >= 0.6 is 0 Å². The third-order valence-corrected chi connectivity index (χ3v) is 3.48. The maximum absolute atomic E-state index is 12.4. The number of rotatable bonds is 3. The van der Waals surface area contributed by atoms with E-state index in [0.29, 0.717) is 11.4 Å². The molecule has 0 fully saturated rings. The maximum Gasteiger partial charge on any atom is 0.323 e. The van der Waals surface area contributed by atoms with Gasteiger partial charge in [0.05, 0.1) is 5.69 Å². The summed E-state index contributed by atoms with van der Waals surface area (Å²) >= 11 is 0. The predicted octanol–water partition coefficient (Wildman–Crippen LogP) is 2.35. The standard InChI is InChI=1S/C18H19N3O3/c1-3-13-4-8-15(9-5-13)20-17(23)18(24)21(12(2)22)16-10-6-14(19)7-11-16/h4-11H,3,19H2,1-2H3,(H,20,23). The molecule has 3 N–H and O–H groups in total. The van der Waals surface area contributed by atoms with Gasteiger partial charge in [-0.25, -0.2) is 4.90 Å². The van der Waals surface area contributed by atoms with Crippen LogP contribution in [0.15, 0.2) is 48.5 Å². The van der Waals surface area contributed by atoms with Gasteiger partial charge in [0.15, 0.2) is 0 Å². The van der Waals surface area contributed by atoms with Crippen molar-refractivity contribution in [2.24, 2.45) is 0 Å². The number of hydrogen-bond donors (Lipinski definition) is 2. The molecular weight excluding hydrogens is 306 g/mol. The number of benzene rings is 2. The van der Waals surface area contributed by atoms with Crippen LogP contribution in [0.3, 0.4) is 0 Å². The van der Waals surface area contributed by atoms with Gasteiger partial charge < -0.3 is 11.1 Å². The van der Waals surface area contributed by atoms with Crippen molar-refractivity contribution in [3.05, 3.63) is 54.1 Å².